The number of carboxylic acids is 1. The normalized spacial score (nSPS) is 15.8. The molecule has 2 aromatic carbocycles. The molecule has 1 atom stereocenters. The lowest BCUT2D eigenvalue weighted by molar-refractivity contribution is 0.0511. The predicted octanol–water partition coefficient (Wildman–Crippen LogP) is 5.61. The van der Waals surface area contributed by atoms with Crippen molar-refractivity contribution in [1.29, 1.82) is 0 Å². The minimum absolute atomic E-state index is 0.104. The first-order chi connectivity index (χ1) is 17.0. The number of ether oxygens (including phenoxy) is 2. The largest absolute Gasteiger partial charge is 0.477 e. The molecule has 1 N–H and O–H groups in total. The molecular weight excluding hydrogens is 467 g/mol. The molecule has 190 valence electrons. The van der Waals surface area contributed by atoms with E-state index >= 15 is 0 Å². The summed E-state index contributed by atoms with van der Waals surface area (Å²) in [5.74, 6) is -1.95. The second-order valence-electron chi connectivity index (χ2n) is 9.84. The number of carbonyl (C=O) groups excluding carboxylic acids is 2. The van der Waals surface area contributed by atoms with Gasteiger partial charge >= 0.3 is 18.2 Å². The molecule has 1 aromatic heterocycles. The van der Waals surface area contributed by atoms with E-state index in [1.165, 1.54) is 12.1 Å². The van der Waals surface area contributed by atoms with Gasteiger partial charge in [-0.15, -0.1) is 0 Å². The van der Waals surface area contributed by atoms with E-state index in [-0.39, 0.29) is 30.3 Å². The van der Waals surface area contributed by atoms with Crippen molar-refractivity contribution >= 4 is 29.1 Å². The maximum absolute atomic E-state index is 14.2. The third-order valence-electron chi connectivity index (χ3n) is 6.07. The zero-order valence-electron chi connectivity index (χ0n) is 20.5. The minimum atomic E-state index is -1.34. The molecule has 1 aliphatic heterocycles. The van der Waals surface area contributed by atoms with Gasteiger partial charge in [0.2, 0.25) is 0 Å². The van der Waals surface area contributed by atoms with E-state index in [1.54, 1.807) is 25.7 Å². The summed E-state index contributed by atoms with van der Waals surface area (Å²) in [4.78, 5) is 39.9. The van der Waals surface area contributed by atoms with Gasteiger partial charge in [-0.05, 0) is 69.4 Å². The Morgan fingerprint density at radius 1 is 1.08 bits per heavy atom. The third kappa shape index (κ3) is 5.35. The predicted molar refractivity (Wildman–Crippen MR) is 131 cm³/mol. The van der Waals surface area contributed by atoms with Crippen LogP contribution in [0, 0.1) is 5.82 Å². The molecule has 2 heterocycles. The maximum atomic E-state index is 14.2. The van der Waals surface area contributed by atoms with Crippen LogP contribution >= 0.6 is 0 Å². The van der Waals surface area contributed by atoms with Gasteiger partial charge < -0.3 is 19.5 Å². The van der Waals surface area contributed by atoms with Crippen LogP contribution in [0.4, 0.5) is 14.0 Å². The highest BCUT2D eigenvalue weighted by atomic mass is 19.1. The quantitative estimate of drug-likeness (QED) is 0.493. The van der Waals surface area contributed by atoms with Crippen LogP contribution in [-0.4, -0.2) is 50.9 Å². The minimum Gasteiger partial charge on any atom is -0.477 e. The van der Waals surface area contributed by atoms with Gasteiger partial charge in [-0.25, -0.2) is 23.3 Å². The summed E-state index contributed by atoms with van der Waals surface area (Å²) < 4.78 is 26.0. The van der Waals surface area contributed by atoms with Gasteiger partial charge in [0.05, 0.1) is 5.52 Å². The molecule has 1 fully saturated rings. The smallest absolute Gasteiger partial charge is 0.419 e. The van der Waals surface area contributed by atoms with E-state index in [9.17, 15) is 23.9 Å². The summed E-state index contributed by atoms with van der Waals surface area (Å²) in [5.41, 5.74) is 0.123. The van der Waals surface area contributed by atoms with E-state index in [2.05, 4.69) is 0 Å². The second-order valence-corrected chi connectivity index (χ2v) is 9.84. The number of carbonyl (C=O) groups is 3. The maximum Gasteiger partial charge on any atom is 0.419 e. The number of likely N-dealkylation sites (tertiary alicyclic amines) is 1. The van der Waals surface area contributed by atoms with Crippen molar-refractivity contribution in [1.82, 2.24) is 9.47 Å². The van der Waals surface area contributed by atoms with Crippen LogP contribution in [0.2, 0.25) is 0 Å². The SMILES string of the molecule is CC(C)(C)OC(=O)n1c(C(=O)O)c(CC2CCCN2C(=O)OCc2ccccc2)c2ccc(F)cc21. The molecule has 0 bridgehead atoms. The number of amides is 1. The molecular formula is C27H29FN2O6. The Balaban J connectivity index is 1.67. The second kappa shape index (κ2) is 10.0. The number of benzene rings is 2. The van der Waals surface area contributed by atoms with E-state index in [0.717, 1.165) is 22.6 Å². The van der Waals surface area contributed by atoms with Crippen molar-refractivity contribution in [2.45, 2.75) is 58.3 Å². The Morgan fingerprint density at radius 2 is 1.81 bits per heavy atom. The van der Waals surface area contributed by atoms with Crippen LogP contribution in [0.1, 0.15) is 55.2 Å². The van der Waals surface area contributed by atoms with E-state index in [0.29, 0.717) is 23.9 Å². The lowest BCUT2D eigenvalue weighted by Gasteiger charge is -2.24. The van der Waals surface area contributed by atoms with Crippen LogP contribution in [-0.2, 0) is 22.5 Å². The molecule has 0 saturated carbocycles. The number of hydrogen-bond acceptors (Lipinski definition) is 5. The average molecular weight is 497 g/mol. The zero-order valence-corrected chi connectivity index (χ0v) is 20.5. The molecule has 1 saturated heterocycles. The highest BCUT2D eigenvalue weighted by Crippen LogP contribution is 2.32. The molecule has 1 aliphatic rings. The van der Waals surface area contributed by atoms with Gasteiger partial charge in [0, 0.05) is 18.0 Å². The topological polar surface area (TPSA) is 98.1 Å². The van der Waals surface area contributed by atoms with Gasteiger partial charge in [-0.1, -0.05) is 30.3 Å². The van der Waals surface area contributed by atoms with Gasteiger partial charge in [-0.2, -0.15) is 0 Å². The van der Waals surface area contributed by atoms with Crippen molar-refractivity contribution < 1.29 is 33.4 Å². The van der Waals surface area contributed by atoms with Crippen molar-refractivity contribution in [3.05, 3.63) is 71.2 Å². The summed E-state index contributed by atoms with van der Waals surface area (Å²) in [6.07, 6.45) is 0.138. The van der Waals surface area contributed by atoms with E-state index in [4.69, 9.17) is 9.47 Å². The number of aromatic nitrogens is 1. The molecule has 3 aromatic rings. The molecule has 9 heteroatoms. The number of fused-ring (bicyclic) bond motifs is 1. The van der Waals surface area contributed by atoms with Gasteiger partial charge in [0.25, 0.3) is 0 Å². The number of hydrogen-bond donors (Lipinski definition) is 1. The van der Waals surface area contributed by atoms with Crippen LogP contribution in [0.15, 0.2) is 48.5 Å². The van der Waals surface area contributed by atoms with Crippen LogP contribution in [0.25, 0.3) is 10.9 Å². The Hall–Kier alpha value is -3.88. The first-order valence-electron chi connectivity index (χ1n) is 11.8. The van der Waals surface area contributed by atoms with Crippen LogP contribution in [0.3, 0.4) is 0 Å². The van der Waals surface area contributed by atoms with Crippen LogP contribution in [0.5, 0.6) is 0 Å². The monoisotopic (exact) mass is 496 g/mol. The van der Waals surface area contributed by atoms with E-state index < -0.39 is 29.6 Å². The highest BCUT2D eigenvalue weighted by Gasteiger charge is 2.35. The Bertz CT molecular complexity index is 1300. The number of nitrogens with zero attached hydrogens (tertiary/aromatic N) is 2. The highest BCUT2D eigenvalue weighted by molar-refractivity contribution is 6.04. The van der Waals surface area contributed by atoms with Crippen molar-refractivity contribution in [3.63, 3.8) is 0 Å². The van der Waals surface area contributed by atoms with E-state index in [1.807, 2.05) is 30.3 Å². The fourth-order valence-electron chi connectivity index (χ4n) is 4.58. The van der Waals surface area contributed by atoms with Gasteiger partial charge in [-0.3, -0.25) is 0 Å². The van der Waals surface area contributed by atoms with Gasteiger partial charge in [0.15, 0.2) is 0 Å². The van der Waals surface area contributed by atoms with Crippen molar-refractivity contribution in [2.75, 3.05) is 6.54 Å². The first kappa shape index (κ1) is 25.2. The zero-order chi connectivity index (χ0) is 26.0. The summed E-state index contributed by atoms with van der Waals surface area (Å²) >= 11 is 0. The molecule has 1 amide bonds. The standard InChI is InChI=1S/C27H29FN2O6/c1-27(2,3)36-26(34)30-22-14-18(28)11-12-20(22)21(23(30)24(31)32)15-19-10-7-13-29(19)25(33)35-16-17-8-5-4-6-9-17/h4-6,8-9,11-12,14,19H,7,10,13,15-16H2,1-3H3,(H,31,32). The summed E-state index contributed by atoms with van der Waals surface area (Å²) in [6, 6.07) is 12.8. The van der Waals surface area contributed by atoms with Crippen molar-refractivity contribution in [3.8, 4) is 0 Å². The molecule has 4 rings (SSSR count). The molecule has 0 aliphatic carbocycles. The first-order valence-corrected chi connectivity index (χ1v) is 11.8. The summed E-state index contributed by atoms with van der Waals surface area (Å²) in [7, 11) is 0. The lowest BCUT2D eigenvalue weighted by Crippen LogP contribution is -2.37. The molecule has 1 unspecified atom stereocenters. The number of halogens is 1. The molecule has 0 radical (unpaired) electrons. The molecule has 0 spiro atoms. The Labute approximate surface area is 208 Å². The fourth-order valence-corrected chi connectivity index (χ4v) is 4.58. The number of rotatable bonds is 5. The number of carboxylic acid groups (broad SMARTS) is 1. The van der Waals surface area contributed by atoms with Crippen molar-refractivity contribution in [2.24, 2.45) is 0 Å². The van der Waals surface area contributed by atoms with Gasteiger partial charge in [0.1, 0.15) is 23.7 Å². The van der Waals surface area contributed by atoms with Crippen LogP contribution < -0.4 is 0 Å². The molecule has 36 heavy (non-hydrogen) atoms. The third-order valence-corrected chi connectivity index (χ3v) is 6.07. The fraction of sp³-hybridized carbons (Fsp3) is 0.370. The Kier molecular flexibility index (Phi) is 7.01. The molecule has 8 nitrogen and oxygen atoms in total. The lowest BCUT2D eigenvalue weighted by atomic mass is 10.0. The summed E-state index contributed by atoms with van der Waals surface area (Å²) in [5, 5.41) is 10.5. The summed E-state index contributed by atoms with van der Waals surface area (Å²) in [6.45, 7) is 5.59. The Morgan fingerprint density at radius 3 is 2.47 bits per heavy atom. The average Bonchev–Trinajstić information content (AvgIpc) is 3.40. The number of aromatic carboxylic acids is 1.